The summed E-state index contributed by atoms with van der Waals surface area (Å²) in [4.78, 5) is 11.1. The van der Waals surface area contributed by atoms with Crippen molar-refractivity contribution < 1.29 is 13.9 Å². The van der Waals surface area contributed by atoms with Crippen molar-refractivity contribution in [3.63, 3.8) is 0 Å². The predicted octanol–water partition coefficient (Wildman–Crippen LogP) is 5.20. The Morgan fingerprint density at radius 1 is 1.05 bits per heavy atom. The predicted molar refractivity (Wildman–Crippen MR) is 161 cm³/mol. The summed E-state index contributed by atoms with van der Waals surface area (Å²) >= 11 is 0. The first-order chi connectivity index (χ1) is 19.5. The lowest BCUT2D eigenvalue weighted by Crippen LogP contribution is -2.60. The standard InChI is InChI=1S/C31H44FN7O2/c1-21-7-8-22(2)39(21)26-17-23(9-10-27(26)41-16-13-38-11-14-40-15-12-38)35-29-33-20-25(32)28(36-29)34-24-18-30(3,4)37-31(5,6)19-24/h7-10,17,20,24,37H,11-16,18-19H2,1-6H3,(H2,33,34,35,36). The third kappa shape index (κ3) is 7.36. The van der Waals surface area contributed by atoms with E-state index in [1.807, 2.05) is 18.2 Å². The number of piperidine rings is 1. The number of morpholine rings is 1. The van der Waals surface area contributed by atoms with Gasteiger partial charge in [0.2, 0.25) is 5.95 Å². The van der Waals surface area contributed by atoms with Gasteiger partial charge < -0.3 is 30.0 Å². The minimum atomic E-state index is -0.465. The Bertz CT molecular complexity index is 1310. The van der Waals surface area contributed by atoms with E-state index in [4.69, 9.17) is 9.47 Å². The maximum absolute atomic E-state index is 14.8. The molecule has 2 aliphatic rings. The summed E-state index contributed by atoms with van der Waals surface area (Å²) in [5, 5.41) is 10.3. The molecule has 4 heterocycles. The molecule has 2 aromatic heterocycles. The van der Waals surface area contributed by atoms with Crippen LogP contribution < -0.4 is 20.7 Å². The van der Waals surface area contributed by atoms with E-state index in [1.165, 1.54) is 6.20 Å². The molecule has 0 aliphatic carbocycles. The van der Waals surface area contributed by atoms with Gasteiger partial charge in [-0.15, -0.1) is 0 Å². The second-order valence-corrected chi connectivity index (χ2v) is 12.6. The summed E-state index contributed by atoms with van der Waals surface area (Å²) in [6.45, 7) is 17.7. The molecule has 0 radical (unpaired) electrons. The topological polar surface area (TPSA) is 88.5 Å². The van der Waals surface area contributed by atoms with E-state index in [9.17, 15) is 4.39 Å². The fourth-order valence-corrected chi connectivity index (χ4v) is 6.33. The van der Waals surface area contributed by atoms with Crippen LogP contribution in [0.25, 0.3) is 5.69 Å². The molecule has 5 rings (SSSR count). The van der Waals surface area contributed by atoms with Crippen LogP contribution >= 0.6 is 0 Å². The molecule has 0 unspecified atom stereocenters. The molecule has 0 amide bonds. The molecule has 9 nitrogen and oxygen atoms in total. The van der Waals surface area contributed by atoms with E-state index in [1.54, 1.807) is 0 Å². The second-order valence-electron chi connectivity index (χ2n) is 12.6. The maximum atomic E-state index is 14.8. The van der Waals surface area contributed by atoms with Gasteiger partial charge >= 0.3 is 0 Å². The van der Waals surface area contributed by atoms with Crippen LogP contribution in [0.15, 0.2) is 36.5 Å². The smallest absolute Gasteiger partial charge is 0.229 e. The lowest BCUT2D eigenvalue weighted by molar-refractivity contribution is 0.0322. The summed E-state index contributed by atoms with van der Waals surface area (Å²) in [6.07, 6.45) is 2.93. The minimum Gasteiger partial charge on any atom is -0.490 e. The molecule has 2 fully saturated rings. The fraction of sp³-hybridized carbons (Fsp3) is 0.548. The van der Waals surface area contributed by atoms with Crippen LogP contribution in [-0.2, 0) is 4.74 Å². The van der Waals surface area contributed by atoms with Crippen molar-refractivity contribution in [1.82, 2.24) is 24.8 Å². The van der Waals surface area contributed by atoms with E-state index >= 15 is 0 Å². The lowest BCUT2D eigenvalue weighted by Gasteiger charge is -2.46. The number of rotatable bonds is 9. The highest BCUT2D eigenvalue weighted by Crippen LogP contribution is 2.32. The zero-order chi connectivity index (χ0) is 29.2. The molecular formula is C31H44FN7O2. The third-order valence-electron chi connectivity index (χ3n) is 7.77. The first-order valence-electron chi connectivity index (χ1n) is 14.6. The molecule has 1 aromatic carbocycles. The quantitative estimate of drug-likeness (QED) is 0.326. The van der Waals surface area contributed by atoms with Crippen LogP contribution in [0, 0.1) is 19.7 Å². The van der Waals surface area contributed by atoms with Gasteiger partial charge in [-0.25, -0.2) is 9.37 Å². The number of nitrogens with zero attached hydrogens (tertiary/aromatic N) is 4. The van der Waals surface area contributed by atoms with Gasteiger partial charge in [0.1, 0.15) is 12.4 Å². The van der Waals surface area contributed by atoms with Crippen molar-refractivity contribution in [1.29, 1.82) is 0 Å². The summed E-state index contributed by atoms with van der Waals surface area (Å²) < 4.78 is 28.8. The molecule has 3 N–H and O–H groups in total. The fourth-order valence-electron chi connectivity index (χ4n) is 6.33. The number of nitrogens with one attached hydrogen (secondary N) is 3. The highest BCUT2D eigenvalue weighted by molar-refractivity contribution is 5.64. The van der Waals surface area contributed by atoms with Crippen molar-refractivity contribution in [3.8, 4) is 11.4 Å². The van der Waals surface area contributed by atoms with Crippen molar-refractivity contribution in [2.24, 2.45) is 0 Å². The Kier molecular flexibility index (Phi) is 8.54. The second kappa shape index (κ2) is 12.0. The molecular weight excluding hydrogens is 521 g/mol. The zero-order valence-electron chi connectivity index (χ0n) is 25.2. The van der Waals surface area contributed by atoms with Crippen molar-refractivity contribution >= 4 is 17.5 Å². The molecule has 0 bridgehead atoms. The highest BCUT2D eigenvalue weighted by atomic mass is 19.1. The van der Waals surface area contributed by atoms with Crippen LogP contribution in [0.3, 0.4) is 0 Å². The largest absolute Gasteiger partial charge is 0.490 e. The Morgan fingerprint density at radius 3 is 2.41 bits per heavy atom. The number of hydrogen-bond acceptors (Lipinski definition) is 8. The highest BCUT2D eigenvalue weighted by Gasteiger charge is 2.38. The SMILES string of the molecule is Cc1ccc(C)n1-c1cc(Nc2ncc(F)c(NC3CC(C)(C)NC(C)(C)C3)n2)ccc1OCCN1CCOCC1. The Balaban J connectivity index is 1.35. The maximum Gasteiger partial charge on any atom is 0.229 e. The molecule has 3 aromatic rings. The number of anilines is 3. The molecule has 0 atom stereocenters. The van der Waals surface area contributed by atoms with Gasteiger partial charge in [0.25, 0.3) is 0 Å². The van der Waals surface area contributed by atoms with Gasteiger partial charge in [-0.1, -0.05) is 0 Å². The van der Waals surface area contributed by atoms with Crippen LogP contribution in [0.5, 0.6) is 5.75 Å². The normalized spacial score (nSPS) is 19.2. The molecule has 0 spiro atoms. The van der Waals surface area contributed by atoms with E-state index in [2.05, 4.69) is 89.1 Å². The number of ether oxygens (including phenoxy) is 2. The molecule has 41 heavy (non-hydrogen) atoms. The Labute approximate surface area is 242 Å². The molecule has 10 heteroatoms. The van der Waals surface area contributed by atoms with Crippen LogP contribution in [0.4, 0.5) is 21.8 Å². The average molecular weight is 566 g/mol. The number of aryl methyl sites for hydroxylation is 2. The van der Waals surface area contributed by atoms with Gasteiger partial charge in [-0.2, -0.15) is 4.98 Å². The zero-order valence-corrected chi connectivity index (χ0v) is 25.2. The summed E-state index contributed by atoms with van der Waals surface area (Å²) in [5.74, 6) is 0.869. The molecule has 222 valence electrons. The summed E-state index contributed by atoms with van der Waals surface area (Å²) in [6, 6.07) is 10.2. The number of benzene rings is 1. The van der Waals surface area contributed by atoms with Gasteiger partial charge in [-0.05, 0) is 84.7 Å². The monoisotopic (exact) mass is 565 g/mol. The van der Waals surface area contributed by atoms with Gasteiger partial charge in [0, 0.05) is 53.8 Å². The van der Waals surface area contributed by atoms with Crippen LogP contribution in [-0.4, -0.2) is 76.0 Å². The first kappa shape index (κ1) is 29.3. The Morgan fingerprint density at radius 2 is 1.73 bits per heavy atom. The lowest BCUT2D eigenvalue weighted by atomic mass is 9.79. The van der Waals surface area contributed by atoms with Crippen molar-refractivity contribution in [3.05, 3.63) is 53.7 Å². The van der Waals surface area contributed by atoms with Crippen molar-refractivity contribution in [2.75, 3.05) is 50.1 Å². The third-order valence-corrected chi connectivity index (χ3v) is 7.77. The summed E-state index contributed by atoms with van der Waals surface area (Å²) in [7, 11) is 0. The van der Waals surface area contributed by atoms with Crippen molar-refractivity contribution in [2.45, 2.75) is 71.5 Å². The number of halogens is 1. The minimum absolute atomic E-state index is 0.0683. The molecule has 2 saturated heterocycles. The summed E-state index contributed by atoms with van der Waals surface area (Å²) in [5.41, 5.74) is 3.79. The van der Waals surface area contributed by atoms with Gasteiger partial charge in [0.15, 0.2) is 11.6 Å². The van der Waals surface area contributed by atoms with Crippen LogP contribution in [0.2, 0.25) is 0 Å². The molecule has 0 saturated carbocycles. The van der Waals surface area contributed by atoms with Gasteiger partial charge in [-0.3, -0.25) is 4.90 Å². The van der Waals surface area contributed by atoms with E-state index < -0.39 is 5.82 Å². The molecule has 2 aliphatic heterocycles. The van der Waals surface area contributed by atoms with E-state index in [0.29, 0.717) is 12.6 Å². The number of hydrogen-bond donors (Lipinski definition) is 3. The van der Waals surface area contributed by atoms with Crippen LogP contribution in [0.1, 0.15) is 51.9 Å². The Hall–Kier alpha value is -3.21. The number of aromatic nitrogens is 3. The van der Waals surface area contributed by atoms with E-state index in [0.717, 1.165) is 74.2 Å². The average Bonchev–Trinajstić information content (AvgIpc) is 3.23. The van der Waals surface area contributed by atoms with E-state index in [-0.39, 0.29) is 22.9 Å². The van der Waals surface area contributed by atoms with Gasteiger partial charge in [0.05, 0.1) is 25.1 Å². The first-order valence-corrected chi connectivity index (χ1v) is 14.6.